The number of amides is 1. The molecule has 0 rings (SSSR count). The summed E-state index contributed by atoms with van der Waals surface area (Å²) >= 11 is 0. The molecule has 2 N–H and O–H groups in total. The first-order valence-electron chi connectivity index (χ1n) is 3.82. The van der Waals surface area contributed by atoms with Crippen molar-refractivity contribution >= 4 is 5.91 Å². The van der Waals surface area contributed by atoms with E-state index in [4.69, 9.17) is 5.11 Å². The summed E-state index contributed by atoms with van der Waals surface area (Å²) < 4.78 is 0. The summed E-state index contributed by atoms with van der Waals surface area (Å²) in [6.07, 6.45) is 1.61. The first-order valence-corrected chi connectivity index (χ1v) is 3.82. The van der Waals surface area contributed by atoms with Crippen molar-refractivity contribution in [2.75, 3.05) is 20.7 Å². The number of hydrogen-bond donors (Lipinski definition) is 2. The Labute approximate surface area is 72.9 Å². The maximum Gasteiger partial charge on any atom is 0.244 e. The van der Waals surface area contributed by atoms with Crippen molar-refractivity contribution in [1.82, 2.24) is 10.2 Å². The zero-order valence-electron chi connectivity index (χ0n) is 7.58. The summed E-state index contributed by atoms with van der Waals surface area (Å²) in [5.74, 6) is -0.220. The summed E-state index contributed by atoms with van der Waals surface area (Å²) in [5, 5.41) is 11.3. The van der Waals surface area contributed by atoms with Crippen molar-refractivity contribution in [2.24, 2.45) is 0 Å². The van der Waals surface area contributed by atoms with Crippen LogP contribution in [0.4, 0.5) is 0 Å². The van der Waals surface area contributed by atoms with Gasteiger partial charge in [-0.15, -0.1) is 0 Å². The molecule has 4 nitrogen and oxygen atoms in total. The molecule has 70 valence electrons. The SMILES string of the molecule is C=CC(=O)NC(CCO)N(C)C. The molecule has 0 spiro atoms. The number of nitrogens with one attached hydrogen (secondary N) is 1. The van der Waals surface area contributed by atoms with Crippen molar-refractivity contribution in [2.45, 2.75) is 12.6 Å². The van der Waals surface area contributed by atoms with Crippen LogP contribution in [0.3, 0.4) is 0 Å². The maximum atomic E-state index is 10.9. The third-order valence-electron chi connectivity index (χ3n) is 1.52. The fraction of sp³-hybridized carbons (Fsp3) is 0.625. The van der Waals surface area contributed by atoms with Crippen molar-refractivity contribution in [3.8, 4) is 0 Å². The molecule has 0 aromatic rings. The Morgan fingerprint density at radius 1 is 1.75 bits per heavy atom. The Hall–Kier alpha value is -0.870. The van der Waals surface area contributed by atoms with E-state index < -0.39 is 0 Å². The molecule has 1 unspecified atom stereocenters. The van der Waals surface area contributed by atoms with Crippen LogP contribution in [0.5, 0.6) is 0 Å². The van der Waals surface area contributed by atoms with E-state index in [0.717, 1.165) is 0 Å². The zero-order valence-corrected chi connectivity index (χ0v) is 7.58. The molecule has 4 heteroatoms. The predicted molar refractivity (Wildman–Crippen MR) is 47.5 cm³/mol. The van der Waals surface area contributed by atoms with Gasteiger partial charge in [0.1, 0.15) is 0 Å². The second-order valence-electron chi connectivity index (χ2n) is 2.70. The average Bonchev–Trinajstić information content (AvgIpc) is 2.03. The fourth-order valence-corrected chi connectivity index (χ4v) is 0.805. The normalized spacial score (nSPS) is 12.7. The summed E-state index contributed by atoms with van der Waals surface area (Å²) in [6.45, 7) is 3.40. The van der Waals surface area contributed by atoms with Gasteiger partial charge in [-0.25, -0.2) is 0 Å². The molecule has 0 saturated heterocycles. The fourth-order valence-electron chi connectivity index (χ4n) is 0.805. The highest BCUT2D eigenvalue weighted by atomic mass is 16.3. The minimum Gasteiger partial charge on any atom is -0.396 e. The molecule has 0 fully saturated rings. The largest absolute Gasteiger partial charge is 0.396 e. The van der Waals surface area contributed by atoms with Gasteiger partial charge >= 0.3 is 0 Å². The minimum absolute atomic E-state index is 0.0558. The lowest BCUT2D eigenvalue weighted by Gasteiger charge is -2.23. The van der Waals surface area contributed by atoms with Crippen LogP contribution in [0, 0.1) is 0 Å². The van der Waals surface area contributed by atoms with Gasteiger partial charge in [-0.3, -0.25) is 9.69 Å². The van der Waals surface area contributed by atoms with Crippen LogP contribution < -0.4 is 5.32 Å². The standard InChI is InChI=1S/C8H16N2O2/c1-4-8(12)9-7(5-6-11)10(2)3/h4,7,11H,1,5-6H2,2-3H3,(H,9,12). The van der Waals surface area contributed by atoms with Crippen LogP contribution in [-0.4, -0.2) is 42.8 Å². The van der Waals surface area contributed by atoms with Crippen molar-refractivity contribution < 1.29 is 9.90 Å². The minimum atomic E-state index is -0.220. The number of carbonyl (C=O) groups excluding carboxylic acids is 1. The second-order valence-corrected chi connectivity index (χ2v) is 2.70. The highest BCUT2D eigenvalue weighted by molar-refractivity contribution is 5.87. The molecule has 0 radical (unpaired) electrons. The molecule has 0 aromatic heterocycles. The van der Waals surface area contributed by atoms with E-state index in [2.05, 4.69) is 11.9 Å². The van der Waals surface area contributed by atoms with Gasteiger partial charge in [0.05, 0.1) is 6.17 Å². The number of nitrogens with zero attached hydrogens (tertiary/aromatic N) is 1. The summed E-state index contributed by atoms with van der Waals surface area (Å²) in [5.41, 5.74) is 0. The molecule has 0 heterocycles. The zero-order chi connectivity index (χ0) is 9.56. The average molecular weight is 172 g/mol. The van der Waals surface area contributed by atoms with E-state index in [0.29, 0.717) is 6.42 Å². The quantitative estimate of drug-likeness (QED) is 0.436. The maximum absolute atomic E-state index is 10.9. The van der Waals surface area contributed by atoms with Gasteiger partial charge in [-0.1, -0.05) is 6.58 Å². The molecular formula is C8H16N2O2. The van der Waals surface area contributed by atoms with E-state index in [1.54, 1.807) is 0 Å². The van der Waals surface area contributed by atoms with Crippen LogP contribution in [0.25, 0.3) is 0 Å². The Morgan fingerprint density at radius 3 is 2.67 bits per heavy atom. The molecular weight excluding hydrogens is 156 g/mol. The summed E-state index contributed by atoms with van der Waals surface area (Å²) in [6, 6.07) is 0. The Morgan fingerprint density at radius 2 is 2.33 bits per heavy atom. The lowest BCUT2D eigenvalue weighted by atomic mass is 10.3. The molecule has 1 atom stereocenters. The van der Waals surface area contributed by atoms with Crippen LogP contribution in [-0.2, 0) is 4.79 Å². The van der Waals surface area contributed by atoms with Crippen molar-refractivity contribution in [1.29, 1.82) is 0 Å². The lowest BCUT2D eigenvalue weighted by Crippen LogP contribution is -2.44. The van der Waals surface area contributed by atoms with Crippen LogP contribution in [0.15, 0.2) is 12.7 Å². The second kappa shape index (κ2) is 5.74. The Balaban J connectivity index is 3.94. The number of aliphatic hydroxyl groups excluding tert-OH is 1. The van der Waals surface area contributed by atoms with Crippen LogP contribution in [0.2, 0.25) is 0 Å². The molecule has 0 aromatic carbocycles. The van der Waals surface area contributed by atoms with E-state index >= 15 is 0 Å². The van der Waals surface area contributed by atoms with Gasteiger partial charge in [0, 0.05) is 13.0 Å². The van der Waals surface area contributed by atoms with E-state index in [-0.39, 0.29) is 18.7 Å². The molecule has 0 aliphatic rings. The van der Waals surface area contributed by atoms with Crippen molar-refractivity contribution in [3.63, 3.8) is 0 Å². The van der Waals surface area contributed by atoms with Gasteiger partial charge in [0.25, 0.3) is 0 Å². The molecule has 1 amide bonds. The van der Waals surface area contributed by atoms with Gasteiger partial charge in [-0.05, 0) is 20.2 Å². The van der Waals surface area contributed by atoms with E-state index in [9.17, 15) is 4.79 Å². The molecule has 0 saturated carbocycles. The van der Waals surface area contributed by atoms with E-state index in [1.807, 2.05) is 19.0 Å². The molecule has 12 heavy (non-hydrogen) atoms. The van der Waals surface area contributed by atoms with Gasteiger partial charge < -0.3 is 10.4 Å². The van der Waals surface area contributed by atoms with Gasteiger partial charge in [0.2, 0.25) is 5.91 Å². The molecule has 0 aliphatic carbocycles. The van der Waals surface area contributed by atoms with Crippen LogP contribution in [0.1, 0.15) is 6.42 Å². The van der Waals surface area contributed by atoms with Gasteiger partial charge in [-0.2, -0.15) is 0 Å². The number of carbonyl (C=O) groups is 1. The topological polar surface area (TPSA) is 52.6 Å². The predicted octanol–water partition coefficient (Wildman–Crippen LogP) is -0.441. The lowest BCUT2D eigenvalue weighted by molar-refractivity contribution is -0.118. The van der Waals surface area contributed by atoms with Crippen LogP contribution >= 0.6 is 0 Å². The summed E-state index contributed by atoms with van der Waals surface area (Å²) in [7, 11) is 3.67. The monoisotopic (exact) mass is 172 g/mol. The van der Waals surface area contributed by atoms with Gasteiger partial charge in [0.15, 0.2) is 0 Å². The Kier molecular flexibility index (Phi) is 5.32. The highest BCUT2D eigenvalue weighted by Crippen LogP contribution is 1.94. The molecule has 0 bridgehead atoms. The number of aliphatic hydroxyl groups is 1. The Bertz CT molecular complexity index is 157. The molecule has 0 aliphatic heterocycles. The number of hydrogen-bond acceptors (Lipinski definition) is 3. The first-order chi connectivity index (χ1) is 5.61. The van der Waals surface area contributed by atoms with Crippen molar-refractivity contribution in [3.05, 3.63) is 12.7 Å². The third kappa shape index (κ3) is 4.10. The summed E-state index contributed by atoms with van der Waals surface area (Å²) in [4.78, 5) is 12.7. The smallest absolute Gasteiger partial charge is 0.244 e. The first kappa shape index (κ1) is 11.1. The van der Waals surface area contributed by atoms with E-state index in [1.165, 1.54) is 6.08 Å². The number of rotatable bonds is 5. The highest BCUT2D eigenvalue weighted by Gasteiger charge is 2.11. The third-order valence-corrected chi connectivity index (χ3v) is 1.52.